The van der Waals surface area contributed by atoms with Crippen molar-refractivity contribution in [2.75, 3.05) is 18.4 Å². The number of azo groups is 1. The molecule has 1 aromatic heterocycles. The first-order valence-electron chi connectivity index (χ1n) is 10.9. The Labute approximate surface area is 173 Å². The van der Waals surface area contributed by atoms with Crippen LogP contribution >= 0.6 is 0 Å². The van der Waals surface area contributed by atoms with E-state index in [0.29, 0.717) is 6.04 Å². The van der Waals surface area contributed by atoms with Gasteiger partial charge in [-0.25, -0.2) is 9.97 Å². The van der Waals surface area contributed by atoms with Crippen LogP contribution in [0.3, 0.4) is 0 Å². The fraction of sp³-hybridized carbons (Fsp3) is 0.565. The van der Waals surface area contributed by atoms with Gasteiger partial charge >= 0.3 is 0 Å². The minimum Gasteiger partial charge on any atom is -0.367 e. The Kier molecular flexibility index (Phi) is 5.90. The van der Waals surface area contributed by atoms with Crippen molar-refractivity contribution >= 4 is 11.5 Å². The molecule has 0 amide bonds. The van der Waals surface area contributed by atoms with Crippen molar-refractivity contribution in [3.8, 4) is 0 Å². The highest BCUT2D eigenvalue weighted by molar-refractivity contribution is 5.67. The van der Waals surface area contributed by atoms with E-state index >= 15 is 0 Å². The van der Waals surface area contributed by atoms with Crippen molar-refractivity contribution in [1.29, 1.82) is 0 Å². The maximum atomic E-state index is 4.72. The summed E-state index contributed by atoms with van der Waals surface area (Å²) in [6.07, 6.45) is 6.68. The fourth-order valence-corrected chi connectivity index (χ4v) is 4.75. The van der Waals surface area contributed by atoms with E-state index in [-0.39, 0.29) is 6.04 Å². The zero-order valence-corrected chi connectivity index (χ0v) is 18.0. The molecule has 0 saturated heterocycles. The van der Waals surface area contributed by atoms with Crippen LogP contribution < -0.4 is 10.6 Å². The van der Waals surface area contributed by atoms with E-state index in [2.05, 4.69) is 58.8 Å². The topological polar surface area (TPSA) is 74.6 Å². The number of aryl methyl sites for hydroxylation is 4. The standard InChI is InChI=1S/C23H32N6/c1-14-12-15(2)19(16(3)13-14)20-21-22(29-28-20)23(27-17(4)26-21)25-11-10-24-18-8-6-5-7-9-18/h12-13,18,20,24H,5-11H2,1-4H3,(H,25,26,27). The third-order valence-corrected chi connectivity index (χ3v) is 6.02. The summed E-state index contributed by atoms with van der Waals surface area (Å²) >= 11 is 0. The molecule has 1 fully saturated rings. The van der Waals surface area contributed by atoms with Gasteiger partial charge in [-0.15, -0.1) is 5.11 Å². The predicted molar refractivity (Wildman–Crippen MR) is 117 cm³/mol. The second-order valence-electron chi connectivity index (χ2n) is 8.50. The quantitative estimate of drug-likeness (QED) is 0.660. The monoisotopic (exact) mass is 392 g/mol. The first kappa shape index (κ1) is 20.0. The van der Waals surface area contributed by atoms with E-state index in [9.17, 15) is 0 Å². The normalized spacial score (nSPS) is 18.8. The van der Waals surface area contributed by atoms with Crippen LogP contribution in [0.25, 0.3) is 0 Å². The maximum Gasteiger partial charge on any atom is 0.158 e. The van der Waals surface area contributed by atoms with Crippen LogP contribution in [0.4, 0.5) is 11.5 Å². The van der Waals surface area contributed by atoms with Crippen molar-refractivity contribution in [3.05, 3.63) is 45.9 Å². The molecule has 4 rings (SSSR count). The second-order valence-corrected chi connectivity index (χ2v) is 8.50. The Morgan fingerprint density at radius 1 is 0.931 bits per heavy atom. The van der Waals surface area contributed by atoms with Gasteiger partial charge in [0.2, 0.25) is 0 Å². The van der Waals surface area contributed by atoms with Crippen molar-refractivity contribution in [2.24, 2.45) is 10.2 Å². The lowest BCUT2D eigenvalue weighted by Gasteiger charge is -2.23. The molecule has 0 radical (unpaired) electrons. The molecule has 1 atom stereocenters. The van der Waals surface area contributed by atoms with Gasteiger partial charge in [0.05, 0.1) is 0 Å². The Balaban J connectivity index is 1.50. The van der Waals surface area contributed by atoms with Crippen molar-refractivity contribution in [1.82, 2.24) is 15.3 Å². The summed E-state index contributed by atoms with van der Waals surface area (Å²) in [5.41, 5.74) is 6.66. The lowest BCUT2D eigenvalue weighted by Crippen LogP contribution is -2.34. The smallest absolute Gasteiger partial charge is 0.158 e. The molecule has 2 N–H and O–H groups in total. The van der Waals surface area contributed by atoms with Crippen molar-refractivity contribution in [2.45, 2.75) is 71.9 Å². The van der Waals surface area contributed by atoms with Gasteiger partial charge in [0.1, 0.15) is 17.6 Å². The van der Waals surface area contributed by atoms with Crippen LogP contribution in [-0.4, -0.2) is 29.1 Å². The molecule has 6 nitrogen and oxygen atoms in total. The number of fused-ring (bicyclic) bond motifs is 1. The molecule has 154 valence electrons. The van der Waals surface area contributed by atoms with Crippen LogP contribution in [0.5, 0.6) is 0 Å². The van der Waals surface area contributed by atoms with Gasteiger partial charge in [-0.3, -0.25) is 0 Å². The Morgan fingerprint density at radius 2 is 1.66 bits per heavy atom. The zero-order valence-electron chi connectivity index (χ0n) is 18.0. The predicted octanol–water partition coefficient (Wildman–Crippen LogP) is 5.23. The van der Waals surface area contributed by atoms with Crippen LogP contribution in [0, 0.1) is 27.7 Å². The molecular weight excluding hydrogens is 360 g/mol. The molecule has 1 aliphatic heterocycles. The molecule has 1 saturated carbocycles. The first-order valence-corrected chi connectivity index (χ1v) is 10.9. The molecular formula is C23H32N6. The van der Waals surface area contributed by atoms with E-state index in [4.69, 9.17) is 4.98 Å². The second kappa shape index (κ2) is 8.57. The first-order chi connectivity index (χ1) is 14.0. The number of rotatable bonds is 6. The van der Waals surface area contributed by atoms with Gasteiger partial charge in [-0.05, 0) is 57.2 Å². The maximum absolute atomic E-state index is 4.72. The third-order valence-electron chi connectivity index (χ3n) is 6.02. The SMILES string of the molecule is Cc1cc(C)c(C2N=Nc3c(NCCNC4CCCCC4)nc(C)nc32)c(C)c1. The summed E-state index contributed by atoms with van der Waals surface area (Å²) < 4.78 is 0. The molecule has 0 spiro atoms. The van der Waals surface area contributed by atoms with Gasteiger partial charge in [-0.2, -0.15) is 5.11 Å². The molecule has 0 bridgehead atoms. The Hall–Kier alpha value is -2.34. The minimum absolute atomic E-state index is 0.145. The van der Waals surface area contributed by atoms with Gasteiger partial charge in [-0.1, -0.05) is 37.0 Å². The number of nitrogens with one attached hydrogen (secondary N) is 2. The molecule has 6 heteroatoms. The molecule has 2 heterocycles. The number of anilines is 1. The summed E-state index contributed by atoms with van der Waals surface area (Å²) in [6.45, 7) is 10.1. The molecule has 1 aliphatic carbocycles. The van der Waals surface area contributed by atoms with E-state index in [1.165, 1.54) is 54.4 Å². The highest BCUT2D eigenvalue weighted by Crippen LogP contribution is 2.44. The van der Waals surface area contributed by atoms with Crippen molar-refractivity contribution in [3.63, 3.8) is 0 Å². The number of hydrogen-bond donors (Lipinski definition) is 2. The van der Waals surface area contributed by atoms with Gasteiger partial charge in [0.15, 0.2) is 11.5 Å². The summed E-state index contributed by atoms with van der Waals surface area (Å²) in [7, 11) is 0. The largest absolute Gasteiger partial charge is 0.367 e. The average Bonchev–Trinajstić information content (AvgIpc) is 3.09. The number of aromatic nitrogens is 2. The molecule has 1 unspecified atom stereocenters. The Bertz CT molecular complexity index is 891. The molecule has 1 aromatic carbocycles. The number of hydrogen-bond acceptors (Lipinski definition) is 6. The fourth-order valence-electron chi connectivity index (χ4n) is 4.75. The van der Waals surface area contributed by atoms with Gasteiger partial charge in [0.25, 0.3) is 0 Å². The Morgan fingerprint density at radius 3 is 2.38 bits per heavy atom. The lowest BCUT2D eigenvalue weighted by atomic mass is 9.92. The molecule has 29 heavy (non-hydrogen) atoms. The zero-order chi connectivity index (χ0) is 20.4. The number of benzene rings is 1. The van der Waals surface area contributed by atoms with E-state index < -0.39 is 0 Å². The van der Waals surface area contributed by atoms with Crippen LogP contribution in [0.15, 0.2) is 22.4 Å². The summed E-state index contributed by atoms with van der Waals surface area (Å²) in [4.78, 5) is 9.34. The number of nitrogens with zero attached hydrogens (tertiary/aromatic N) is 4. The highest BCUT2D eigenvalue weighted by atomic mass is 15.2. The third kappa shape index (κ3) is 4.32. The van der Waals surface area contributed by atoms with Crippen molar-refractivity contribution < 1.29 is 0 Å². The minimum atomic E-state index is -0.145. The summed E-state index contributed by atoms with van der Waals surface area (Å²) in [6, 6.07) is 4.94. The van der Waals surface area contributed by atoms with E-state index in [1.807, 2.05) is 6.92 Å². The van der Waals surface area contributed by atoms with Gasteiger partial charge < -0.3 is 10.6 Å². The van der Waals surface area contributed by atoms with Gasteiger partial charge in [0, 0.05) is 19.1 Å². The average molecular weight is 393 g/mol. The van der Waals surface area contributed by atoms with Crippen LogP contribution in [-0.2, 0) is 0 Å². The van der Waals surface area contributed by atoms with Crippen LogP contribution in [0.1, 0.15) is 71.9 Å². The molecule has 2 aliphatic rings. The molecule has 2 aromatic rings. The van der Waals surface area contributed by atoms with Crippen LogP contribution in [0.2, 0.25) is 0 Å². The summed E-state index contributed by atoms with van der Waals surface area (Å²) in [5.74, 6) is 1.55. The van der Waals surface area contributed by atoms with E-state index in [1.54, 1.807) is 0 Å². The lowest BCUT2D eigenvalue weighted by molar-refractivity contribution is 0.378. The van der Waals surface area contributed by atoms with E-state index in [0.717, 1.165) is 36.1 Å². The summed E-state index contributed by atoms with van der Waals surface area (Å²) in [5, 5.41) is 16.2. The highest BCUT2D eigenvalue weighted by Gasteiger charge is 2.30.